The lowest BCUT2D eigenvalue weighted by molar-refractivity contribution is -0.115. The molecule has 1 aliphatic carbocycles. The molecule has 3 atom stereocenters. The highest BCUT2D eigenvalue weighted by Gasteiger charge is 2.25. The maximum Gasteiger partial charge on any atom is 0.224 e. The van der Waals surface area contributed by atoms with Crippen molar-refractivity contribution < 1.29 is 4.79 Å². The van der Waals surface area contributed by atoms with Crippen molar-refractivity contribution in [3.63, 3.8) is 0 Å². The zero-order valence-electron chi connectivity index (χ0n) is 12.8. The van der Waals surface area contributed by atoms with E-state index in [2.05, 4.69) is 30.5 Å². The topological polar surface area (TPSA) is 41.1 Å². The van der Waals surface area contributed by atoms with Gasteiger partial charge in [0.05, 0.1) is 0 Å². The van der Waals surface area contributed by atoms with Crippen molar-refractivity contribution >= 4 is 17.3 Å². The molecule has 0 aliphatic heterocycles. The van der Waals surface area contributed by atoms with Gasteiger partial charge in [-0.3, -0.25) is 4.79 Å². The van der Waals surface area contributed by atoms with E-state index in [-0.39, 0.29) is 5.91 Å². The smallest absolute Gasteiger partial charge is 0.224 e. The number of rotatable bonds is 4. The van der Waals surface area contributed by atoms with Crippen molar-refractivity contribution in [2.75, 3.05) is 10.6 Å². The van der Waals surface area contributed by atoms with Crippen LogP contribution in [0.5, 0.6) is 0 Å². The molecule has 0 saturated heterocycles. The highest BCUT2D eigenvalue weighted by atomic mass is 16.1. The Morgan fingerprint density at radius 3 is 2.70 bits per heavy atom. The van der Waals surface area contributed by atoms with Gasteiger partial charge in [0.25, 0.3) is 0 Å². The Balaban J connectivity index is 1.99. The lowest BCUT2D eigenvalue weighted by Gasteiger charge is -2.34. The summed E-state index contributed by atoms with van der Waals surface area (Å²) in [5, 5.41) is 6.54. The highest BCUT2D eigenvalue weighted by Crippen LogP contribution is 2.31. The van der Waals surface area contributed by atoms with Gasteiger partial charge in [0.15, 0.2) is 0 Å². The van der Waals surface area contributed by atoms with E-state index in [4.69, 9.17) is 0 Å². The zero-order valence-corrected chi connectivity index (χ0v) is 12.8. The second-order valence-electron chi connectivity index (χ2n) is 6.13. The summed E-state index contributed by atoms with van der Waals surface area (Å²) >= 11 is 0. The van der Waals surface area contributed by atoms with Crippen molar-refractivity contribution in [3.05, 3.63) is 24.3 Å². The van der Waals surface area contributed by atoms with Gasteiger partial charge in [-0.2, -0.15) is 0 Å². The van der Waals surface area contributed by atoms with Crippen LogP contribution in [0, 0.1) is 11.8 Å². The van der Waals surface area contributed by atoms with Crippen LogP contribution in [-0.2, 0) is 4.79 Å². The van der Waals surface area contributed by atoms with Gasteiger partial charge in [-0.05, 0) is 49.3 Å². The molecule has 1 aliphatic rings. The van der Waals surface area contributed by atoms with E-state index in [1.807, 2.05) is 25.1 Å². The molecule has 1 saturated carbocycles. The minimum Gasteiger partial charge on any atom is -0.382 e. The molecule has 0 spiro atoms. The Morgan fingerprint density at radius 2 is 2.00 bits per heavy atom. The zero-order chi connectivity index (χ0) is 14.5. The molecular formula is C17H26N2O. The second kappa shape index (κ2) is 6.78. The molecule has 2 rings (SSSR count). The molecule has 0 bridgehead atoms. The Bertz CT molecular complexity index is 458. The predicted octanol–water partition coefficient (Wildman–Crippen LogP) is 4.27. The summed E-state index contributed by atoms with van der Waals surface area (Å²) in [4.78, 5) is 11.4. The number of hydrogen-bond acceptors (Lipinski definition) is 2. The van der Waals surface area contributed by atoms with Crippen LogP contribution in [0.2, 0.25) is 0 Å². The van der Waals surface area contributed by atoms with Gasteiger partial charge < -0.3 is 10.6 Å². The van der Waals surface area contributed by atoms with Crippen molar-refractivity contribution in [3.8, 4) is 0 Å². The van der Waals surface area contributed by atoms with Crippen LogP contribution in [0.3, 0.4) is 0 Å². The van der Waals surface area contributed by atoms with Crippen LogP contribution in [0.4, 0.5) is 11.4 Å². The van der Waals surface area contributed by atoms with E-state index < -0.39 is 0 Å². The molecule has 1 aromatic rings. The summed E-state index contributed by atoms with van der Waals surface area (Å²) in [5.41, 5.74) is 1.98. The van der Waals surface area contributed by atoms with Crippen molar-refractivity contribution in [1.82, 2.24) is 0 Å². The number of benzene rings is 1. The highest BCUT2D eigenvalue weighted by molar-refractivity contribution is 5.90. The largest absolute Gasteiger partial charge is 0.382 e. The normalized spacial score (nSPS) is 26.1. The summed E-state index contributed by atoms with van der Waals surface area (Å²) < 4.78 is 0. The maximum absolute atomic E-state index is 11.4. The average Bonchev–Trinajstić information content (AvgIpc) is 2.42. The van der Waals surface area contributed by atoms with E-state index in [1.54, 1.807) is 0 Å². The van der Waals surface area contributed by atoms with E-state index >= 15 is 0 Å². The quantitative estimate of drug-likeness (QED) is 0.860. The molecule has 3 heteroatoms. The Kier molecular flexibility index (Phi) is 5.05. The Hall–Kier alpha value is -1.51. The maximum atomic E-state index is 11.4. The molecular weight excluding hydrogens is 248 g/mol. The van der Waals surface area contributed by atoms with Gasteiger partial charge in [-0.1, -0.05) is 26.8 Å². The molecule has 3 unspecified atom stereocenters. The first kappa shape index (κ1) is 14.9. The number of nitrogens with one attached hydrogen (secondary N) is 2. The molecule has 2 N–H and O–H groups in total. The predicted molar refractivity (Wildman–Crippen MR) is 85.0 cm³/mol. The fourth-order valence-electron chi connectivity index (χ4n) is 3.03. The minimum atomic E-state index is 0.0574. The fourth-order valence-corrected chi connectivity index (χ4v) is 3.03. The first-order chi connectivity index (χ1) is 9.58. The van der Waals surface area contributed by atoms with Crippen molar-refractivity contribution in [2.24, 2.45) is 11.8 Å². The Morgan fingerprint density at radius 1 is 1.25 bits per heavy atom. The standard InChI is InChI=1S/C17H26N2O/c1-4-17(20)19-15-7-5-6-14(11-15)18-16-9-8-12(2)10-13(16)3/h5-7,11-13,16,18H,4,8-10H2,1-3H3,(H,19,20). The summed E-state index contributed by atoms with van der Waals surface area (Å²) in [6, 6.07) is 8.57. The fraction of sp³-hybridized carbons (Fsp3) is 0.588. The summed E-state index contributed by atoms with van der Waals surface area (Å²) in [5.74, 6) is 1.60. The van der Waals surface area contributed by atoms with Crippen LogP contribution in [-0.4, -0.2) is 11.9 Å². The van der Waals surface area contributed by atoms with Crippen molar-refractivity contribution in [2.45, 2.75) is 52.5 Å². The molecule has 0 aromatic heterocycles. The van der Waals surface area contributed by atoms with Gasteiger partial charge in [-0.15, -0.1) is 0 Å². The SMILES string of the molecule is CCC(=O)Nc1cccc(NC2CCC(C)CC2C)c1. The van der Waals surface area contributed by atoms with Gasteiger partial charge in [0.1, 0.15) is 0 Å². The monoisotopic (exact) mass is 274 g/mol. The number of amides is 1. The molecule has 20 heavy (non-hydrogen) atoms. The van der Waals surface area contributed by atoms with E-state index in [9.17, 15) is 4.79 Å². The van der Waals surface area contributed by atoms with Crippen LogP contribution >= 0.6 is 0 Å². The molecule has 1 aromatic carbocycles. The molecule has 1 amide bonds. The van der Waals surface area contributed by atoms with E-state index in [0.717, 1.165) is 17.3 Å². The van der Waals surface area contributed by atoms with E-state index in [1.165, 1.54) is 19.3 Å². The van der Waals surface area contributed by atoms with Gasteiger partial charge in [0, 0.05) is 23.8 Å². The molecule has 0 radical (unpaired) electrons. The van der Waals surface area contributed by atoms with Gasteiger partial charge in [-0.25, -0.2) is 0 Å². The van der Waals surface area contributed by atoms with Gasteiger partial charge >= 0.3 is 0 Å². The van der Waals surface area contributed by atoms with Gasteiger partial charge in [0.2, 0.25) is 5.91 Å². The molecule has 0 heterocycles. The van der Waals surface area contributed by atoms with Crippen LogP contribution < -0.4 is 10.6 Å². The number of carbonyl (C=O) groups is 1. The third-order valence-corrected chi connectivity index (χ3v) is 4.25. The second-order valence-corrected chi connectivity index (χ2v) is 6.13. The van der Waals surface area contributed by atoms with Crippen LogP contribution in [0.25, 0.3) is 0 Å². The molecule has 1 fully saturated rings. The van der Waals surface area contributed by atoms with Crippen LogP contribution in [0.1, 0.15) is 46.5 Å². The number of hydrogen-bond donors (Lipinski definition) is 2. The third kappa shape index (κ3) is 3.99. The summed E-state index contributed by atoms with van der Waals surface area (Å²) in [6.07, 6.45) is 4.33. The first-order valence-electron chi connectivity index (χ1n) is 7.75. The molecule has 110 valence electrons. The Labute approximate surface area is 122 Å². The lowest BCUT2D eigenvalue weighted by Crippen LogP contribution is -2.33. The molecule has 3 nitrogen and oxygen atoms in total. The average molecular weight is 274 g/mol. The first-order valence-corrected chi connectivity index (χ1v) is 7.75. The summed E-state index contributed by atoms with van der Waals surface area (Å²) in [7, 11) is 0. The van der Waals surface area contributed by atoms with Crippen molar-refractivity contribution in [1.29, 1.82) is 0 Å². The van der Waals surface area contributed by atoms with E-state index in [0.29, 0.717) is 18.4 Å². The summed E-state index contributed by atoms with van der Waals surface area (Å²) in [6.45, 7) is 6.53. The number of anilines is 2. The third-order valence-electron chi connectivity index (χ3n) is 4.25. The van der Waals surface area contributed by atoms with Crippen LogP contribution in [0.15, 0.2) is 24.3 Å². The number of carbonyl (C=O) groups excluding carboxylic acids is 1. The minimum absolute atomic E-state index is 0.0574. The lowest BCUT2D eigenvalue weighted by atomic mass is 9.80.